The fraction of sp³-hybridized carbons (Fsp3) is 0.444. The van der Waals surface area contributed by atoms with Gasteiger partial charge in [-0.3, -0.25) is 4.79 Å². The van der Waals surface area contributed by atoms with Gasteiger partial charge in [-0.05, 0) is 44.4 Å². The summed E-state index contributed by atoms with van der Waals surface area (Å²) in [7, 11) is 3.18. The Morgan fingerprint density at radius 1 is 1.09 bits per heavy atom. The Labute approximate surface area is 137 Å². The normalized spacial score (nSPS) is 9.91. The standard InChI is InChI=1S/C18H24O5/c1-13(2)10-18(20)23-12-15(19)7-5-6-14-8-9-16(21-3)17(11-14)22-4/h8-11H,5-7,12H2,1-4H3. The van der Waals surface area contributed by atoms with Crippen LogP contribution in [-0.2, 0) is 20.7 Å². The average molecular weight is 320 g/mol. The molecule has 5 nitrogen and oxygen atoms in total. The van der Waals surface area contributed by atoms with Crippen LogP contribution in [0.5, 0.6) is 11.5 Å². The van der Waals surface area contributed by atoms with Crippen molar-refractivity contribution in [2.24, 2.45) is 0 Å². The van der Waals surface area contributed by atoms with Crippen molar-refractivity contribution in [1.29, 1.82) is 0 Å². The predicted octanol–water partition coefficient (Wildman–Crippen LogP) is 3.11. The minimum atomic E-state index is -0.474. The van der Waals surface area contributed by atoms with E-state index in [9.17, 15) is 9.59 Å². The van der Waals surface area contributed by atoms with Crippen LogP contribution in [0, 0.1) is 0 Å². The molecule has 0 saturated carbocycles. The summed E-state index contributed by atoms with van der Waals surface area (Å²) in [4.78, 5) is 23.0. The first-order valence-corrected chi connectivity index (χ1v) is 7.50. The van der Waals surface area contributed by atoms with Crippen molar-refractivity contribution in [3.05, 3.63) is 35.4 Å². The van der Waals surface area contributed by atoms with Gasteiger partial charge < -0.3 is 14.2 Å². The maximum atomic E-state index is 11.7. The number of allylic oxidation sites excluding steroid dienone is 1. The molecule has 0 aliphatic heterocycles. The summed E-state index contributed by atoms with van der Waals surface area (Å²) in [6.45, 7) is 3.42. The summed E-state index contributed by atoms with van der Waals surface area (Å²) in [5, 5.41) is 0. The van der Waals surface area contributed by atoms with Crippen molar-refractivity contribution < 1.29 is 23.8 Å². The molecular formula is C18H24O5. The minimum Gasteiger partial charge on any atom is -0.493 e. The lowest BCUT2D eigenvalue weighted by Gasteiger charge is -2.09. The summed E-state index contributed by atoms with van der Waals surface area (Å²) in [5.41, 5.74) is 1.91. The molecule has 0 aliphatic rings. The molecule has 0 unspecified atom stereocenters. The van der Waals surface area contributed by atoms with Crippen LogP contribution in [-0.4, -0.2) is 32.6 Å². The maximum Gasteiger partial charge on any atom is 0.331 e. The van der Waals surface area contributed by atoms with E-state index >= 15 is 0 Å². The molecule has 1 rings (SSSR count). The lowest BCUT2D eigenvalue weighted by atomic mass is 10.1. The number of methoxy groups -OCH3 is 2. The molecule has 0 N–H and O–H groups in total. The second kappa shape index (κ2) is 9.66. The van der Waals surface area contributed by atoms with Crippen LogP contribution in [0.25, 0.3) is 0 Å². The first-order valence-electron chi connectivity index (χ1n) is 7.50. The summed E-state index contributed by atoms with van der Waals surface area (Å²) < 4.78 is 15.3. The van der Waals surface area contributed by atoms with Crippen LogP contribution in [0.3, 0.4) is 0 Å². The summed E-state index contributed by atoms with van der Waals surface area (Å²) >= 11 is 0. The van der Waals surface area contributed by atoms with Crippen LogP contribution < -0.4 is 9.47 Å². The lowest BCUT2D eigenvalue weighted by molar-refractivity contribution is -0.143. The Morgan fingerprint density at radius 2 is 1.78 bits per heavy atom. The number of hydrogen-bond donors (Lipinski definition) is 0. The fourth-order valence-electron chi connectivity index (χ4n) is 2.03. The average Bonchev–Trinajstić information content (AvgIpc) is 2.52. The number of rotatable bonds is 9. The second-order valence-electron chi connectivity index (χ2n) is 5.41. The predicted molar refractivity (Wildman–Crippen MR) is 87.9 cm³/mol. The molecule has 1 aromatic rings. The van der Waals surface area contributed by atoms with Gasteiger partial charge in [-0.15, -0.1) is 0 Å². The number of hydrogen-bond acceptors (Lipinski definition) is 5. The topological polar surface area (TPSA) is 61.8 Å². The molecule has 0 bridgehead atoms. The van der Waals surface area contributed by atoms with Gasteiger partial charge in [-0.25, -0.2) is 4.79 Å². The minimum absolute atomic E-state index is 0.0824. The highest BCUT2D eigenvalue weighted by Crippen LogP contribution is 2.28. The Bertz CT molecular complexity index is 571. The summed E-state index contributed by atoms with van der Waals surface area (Å²) in [6.07, 6.45) is 3.18. The highest BCUT2D eigenvalue weighted by molar-refractivity contribution is 5.86. The molecule has 0 aromatic heterocycles. The number of aryl methyl sites for hydroxylation is 1. The van der Waals surface area contributed by atoms with Gasteiger partial charge in [-0.1, -0.05) is 11.6 Å². The van der Waals surface area contributed by atoms with Gasteiger partial charge in [0.25, 0.3) is 0 Å². The van der Waals surface area contributed by atoms with Crippen LogP contribution in [0.15, 0.2) is 29.8 Å². The zero-order chi connectivity index (χ0) is 17.2. The molecule has 1 aromatic carbocycles. The third-order valence-electron chi connectivity index (χ3n) is 3.15. The van der Waals surface area contributed by atoms with Gasteiger partial charge >= 0.3 is 5.97 Å². The van der Waals surface area contributed by atoms with E-state index in [4.69, 9.17) is 14.2 Å². The number of ether oxygens (including phenoxy) is 3. The van der Waals surface area contributed by atoms with E-state index in [2.05, 4.69) is 0 Å². The molecule has 0 atom stereocenters. The lowest BCUT2D eigenvalue weighted by Crippen LogP contribution is -2.12. The van der Waals surface area contributed by atoms with Crippen molar-refractivity contribution in [3.63, 3.8) is 0 Å². The monoisotopic (exact) mass is 320 g/mol. The number of carbonyl (C=O) groups is 2. The Hall–Kier alpha value is -2.30. The highest BCUT2D eigenvalue weighted by Gasteiger charge is 2.08. The molecule has 0 spiro atoms. The van der Waals surface area contributed by atoms with E-state index in [1.54, 1.807) is 28.1 Å². The van der Waals surface area contributed by atoms with Gasteiger partial charge in [-0.2, -0.15) is 0 Å². The first-order chi connectivity index (χ1) is 11.0. The molecule has 0 amide bonds. The van der Waals surface area contributed by atoms with Gasteiger partial charge in [0.1, 0.15) is 6.61 Å². The second-order valence-corrected chi connectivity index (χ2v) is 5.41. The van der Waals surface area contributed by atoms with Crippen molar-refractivity contribution >= 4 is 11.8 Å². The highest BCUT2D eigenvalue weighted by atomic mass is 16.5. The van der Waals surface area contributed by atoms with Crippen molar-refractivity contribution in [1.82, 2.24) is 0 Å². The zero-order valence-corrected chi connectivity index (χ0v) is 14.2. The number of ketones is 1. The van der Waals surface area contributed by atoms with Gasteiger partial charge in [0.15, 0.2) is 17.3 Å². The quantitative estimate of drug-likeness (QED) is 0.517. The van der Waals surface area contributed by atoms with Crippen LogP contribution >= 0.6 is 0 Å². The largest absolute Gasteiger partial charge is 0.493 e. The molecule has 0 radical (unpaired) electrons. The third-order valence-corrected chi connectivity index (χ3v) is 3.15. The zero-order valence-electron chi connectivity index (χ0n) is 14.2. The van der Waals surface area contributed by atoms with Crippen LogP contribution in [0.1, 0.15) is 32.3 Å². The van der Waals surface area contributed by atoms with E-state index in [1.165, 1.54) is 6.08 Å². The molecule has 0 saturated heterocycles. The Morgan fingerprint density at radius 3 is 2.39 bits per heavy atom. The molecule has 0 fully saturated rings. The summed E-state index contributed by atoms with van der Waals surface area (Å²) in [5.74, 6) is 0.796. The van der Waals surface area contributed by atoms with E-state index in [-0.39, 0.29) is 12.4 Å². The van der Waals surface area contributed by atoms with E-state index < -0.39 is 5.97 Å². The van der Waals surface area contributed by atoms with Gasteiger partial charge in [0.05, 0.1) is 14.2 Å². The molecular weight excluding hydrogens is 296 g/mol. The molecule has 0 aliphatic carbocycles. The van der Waals surface area contributed by atoms with Crippen LogP contribution in [0.4, 0.5) is 0 Å². The molecule has 0 heterocycles. The van der Waals surface area contributed by atoms with E-state index in [0.717, 1.165) is 17.6 Å². The maximum absolute atomic E-state index is 11.7. The molecule has 5 heteroatoms. The van der Waals surface area contributed by atoms with Gasteiger partial charge in [0, 0.05) is 12.5 Å². The van der Waals surface area contributed by atoms with Crippen LogP contribution in [0.2, 0.25) is 0 Å². The molecule has 23 heavy (non-hydrogen) atoms. The third kappa shape index (κ3) is 7.00. The summed E-state index contributed by atoms with van der Waals surface area (Å²) in [6, 6.07) is 5.69. The first kappa shape index (κ1) is 18.7. The number of carbonyl (C=O) groups excluding carboxylic acids is 2. The fourth-order valence-corrected chi connectivity index (χ4v) is 2.03. The molecule has 126 valence electrons. The number of benzene rings is 1. The van der Waals surface area contributed by atoms with E-state index in [0.29, 0.717) is 24.3 Å². The van der Waals surface area contributed by atoms with Crippen molar-refractivity contribution in [2.45, 2.75) is 33.1 Å². The van der Waals surface area contributed by atoms with Crippen molar-refractivity contribution in [2.75, 3.05) is 20.8 Å². The Kier molecular flexibility index (Phi) is 7.88. The van der Waals surface area contributed by atoms with Gasteiger partial charge in [0.2, 0.25) is 0 Å². The number of esters is 1. The number of Topliss-reactive ketones (excluding diaryl/α,β-unsaturated/α-hetero) is 1. The van der Waals surface area contributed by atoms with Crippen molar-refractivity contribution in [3.8, 4) is 11.5 Å². The van der Waals surface area contributed by atoms with E-state index in [1.807, 2.05) is 18.2 Å². The Balaban J connectivity index is 2.38. The SMILES string of the molecule is COc1ccc(CCCC(=O)COC(=O)C=C(C)C)cc1OC. The smallest absolute Gasteiger partial charge is 0.331 e.